The summed E-state index contributed by atoms with van der Waals surface area (Å²) in [6.45, 7) is 2.73. The molecular formula is C18H21N3O3. The summed E-state index contributed by atoms with van der Waals surface area (Å²) in [5, 5.41) is 6.10. The summed E-state index contributed by atoms with van der Waals surface area (Å²) in [4.78, 5) is 25.1. The van der Waals surface area contributed by atoms with Gasteiger partial charge in [-0.2, -0.15) is 5.10 Å². The second-order valence-corrected chi connectivity index (χ2v) is 6.04. The van der Waals surface area contributed by atoms with Gasteiger partial charge in [-0.05, 0) is 30.4 Å². The summed E-state index contributed by atoms with van der Waals surface area (Å²) >= 11 is 0. The predicted molar refractivity (Wildman–Crippen MR) is 89.6 cm³/mol. The molecule has 24 heavy (non-hydrogen) atoms. The molecule has 1 amide bonds. The van der Waals surface area contributed by atoms with Gasteiger partial charge in [0.2, 0.25) is 0 Å². The molecule has 6 heteroatoms. The van der Waals surface area contributed by atoms with Gasteiger partial charge in [0.15, 0.2) is 0 Å². The molecular weight excluding hydrogens is 306 g/mol. The third kappa shape index (κ3) is 4.29. The molecule has 1 aromatic heterocycles. The predicted octanol–water partition coefficient (Wildman–Crippen LogP) is 1.84. The average Bonchev–Trinajstić information content (AvgIpc) is 2.63. The molecule has 1 aliphatic heterocycles. The van der Waals surface area contributed by atoms with Gasteiger partial charge in [0.05, 0.1) is 6.61 Å². The number of aromatic nitrogens is 2. The molecule has 6 nitrogen and oxygen atoms in total. The van der Waals surface area contributed by atoms with Crippen LogP contribution in [-0.2, 0) is 11.3 Å². The normalized spacial score (nSPS) is 15.4. The van der Waals surface area contributed by atoms with E-state index < -0.39 is 0 Å². The van der Waals surface area contributed by atoms with Crippen LogP contribution in [0.2, 0.25) is 0 Å². The Morgan fingerprint density at radius 3 is 2.58 bits per heavy atom. The van der Waals surface area contributed by atoms with Crippen LogP contribution in [0, 0.1) is 5.92 Å². The number of aromatic amines is 1. The van der Waals surface area contributed by atoms with Crippen molar-refractivity contribution in [2.24, 2.45) is 5.92 Å². The van der Waals surface area contributed by atoms with E-state index in [4.69, 9.17) is 4.74 Å². The fourth-order valence-corrected chi connectivity index (χ4v) is 2.85. The van der Waals surface area contributed by atoms with Crippen molar-refractivity contribution in [3.63, 3.8) is 0 Å². The van der Waals surface area contributed by atoms with E-state index in [1.165, 1.54) is 17.7 Å². The quantitative estimate of drug-likeness (QED) is 0.909. The summed E-state index contributed by atoms with van der Waals surface area (Å²) in [6, 6.07) is 12.9. The first-order chi connectivity index (χ1) is 11.7. The largest absolute Gasteiger partial charge is 0.376 e. The van der Waals surface area contributed by atoms with Crippen LogP contribution >= 0.6 is 0 Å². The highest BCUT2D eigenvalue weighted by Crippen LogP contribution is 2.19. The summed E-state index contributed by atoms with van der Waals surface area (Å²) in [5.74, 6) is 0.344. The van der Waals surface area contributed by atoms with Crippen LogP contribution in [-0.4, -0.2) is 40.7 Å². The first-order valence-corrected chi connectivity index (χ1v) is 8.19. The maximum Gasteiger partial charge on any atom is 0.274 e. The van der Waals surface area contributed by atoms with E-state index >= 15 is 0 Å². The van der Waals surface area contributed by atoms with E-state index in [2.05, 4.69) is 22.3 Å². The van der Waals surface area contributed by atoms with Gasteiger partial charge < -0.3 is 9.64 Å². The molecule has 0 radical (unpaired) electrons. The molecule has 0 spiro atoms. The van der Waals surface area contributed by atoms with Gasteiger partial charge in [-0.3, -0.25) is 9.59 Å². The molecule has 1 fully saturated rings. The zero-order valence-corrected chi connectivity index (χ0v) is 13.5. The van der Waals surface area contributed by atoms with Crippen molar-refractivity contribution in [3.05, 3.63) is 64.1 Å². The number of ether oxygens (including phenoxy) is 1. The van der Waals surface area contributed by atoms with Crippen molar-refractivity contribution >= 4 is 5.91 Å². The molecule has 1 saturated heterocycles. The van der Waals surface area contributed by atoms with Gasteiger partial charge in [0.25, 0.3) is 11.5 Å². The van der Waals surface area contributed by atoms with Crippen molar-refractivity contribution in [1.29, 1.82) is 0 Å². The Bertz CT molecular complexity index is 701. The highest BCUT2D eigenvalue weighted by atomic mass is 16.5. The zero-order chi connectivity index (χ0) is 16.8. The van der Waals surface area contributed by atoms with Gasteiger partial charge in [-0.25, -0.2) is 5.10 Å². The summed E-state index contributed by atoms with van der Waals surface area (Å²) in [5.41, 5.74) is 1.16. The number of H-pyrrole nitrogens is 1. The Morgan fingerprint density at radius 1 is 1.17 bits per heavy atom. The van der Waals surface area contributed by atoms with Crippen LogP contribution in [0.1, 0.15) is 28.9 Å². The topological polar surface area (TPSA) is 75.3 Å². The number of rotatable bonds is 5. The first kappa shape index (κ1) is 16.4. The number of nitrogens with zero attached hydrogens (tertiary/aromatic N) is 2. The fraction of sp³-hybridized carbons (Fsp3) is 0.389. The van der Waals surface area contributed by atoms with Crippen LogP contribution in [0.4, 0.5) is 0 Å². The van der Waals surface area contributed by atoms with Gasteiger partial charge in [0.1, 0.15) is 5.69 Å². The molecule has 126 valence electrons. The number of amides is 1. The molecule has 1 N–H and O–H groups in total. The van der Waals surface area contributed by atoms with Gasteiger partial charge >= 0.3 is 0 Å². The van der Waals surface area contributed by atoms with Crippen molar-refractivity contribution in [2.75, 3.05) is 19.7 Å². The number of nitrogens with one attached hydrogen (secondary N) is 1. The Kier molecular flexibility index (Phi) is 5.38. The number of benzene rings is 1. The first-order valence-electron chi connectivity index (χ1n) is 8.19. The number of hydrogen-bond acceptors (Lipinski definition) is 4. The van der Waals surface area contributed by atoms with Crippen LogP contribution in [0.15, 0.2) is 47.3 Å². The van der Waals surface area contributed by atoms with Gasteiger partial charge in [-0.15, -0.1) is 0 Å². The van der Waals surface area contributed by atoms with Crippen molar-refractivity contribution < 1.29 is 9.53 Å². The zero-order valence-electron chi connectivity index (χ0n) is 13.5. The Balaban J connectivity index is 1.43. The molecule has 1 aromatic carbocycles. The van der Waals surface area contributed by atoms with Crippen LogP contribution in [0.5, 0.6) is 0 Å². The lowest BCUT2D eigenvalue weighted by atomic mass is 9.97. The monoisotopic (exact) mass is 327 g/mol. The second-order valence-electron chi connectivity index (χ2n) is 6.04. The third-order valence-corrected chi connectivity index (χ3v) is 4.27. The summed E-state index contributed by atoms with van der Waals surface area (Å²) < 4.78 is 5.80. The maximum atomic E-state index is 12.3. The molecule has 2 heterocycles. The number of piperidine rings is 1. The number of likely N-dealkylation sites (tertiary alicyclic amines) is 1. The second kappa shape index (κ2) is 7.88. The van der Waals surface area contributed by atoms with Crippen LogP contribution < -0.4 is 5.56 Å². The number of carbonyl (C=O) groups is 1. The van der Waals surface area contributed by atoms with E-state index in [0.29, 0.717) is 32.2 Å². The number of hydrogen-bond donors (Lipinski definition) is 1. The van der Waals surface area contributed by atoms with Crippen LogP contribution in [0.3, 0.4) is 0 Å². The Labute approximate surface area is 140 Å². The maximum absolute atomic E-state index is 12.3. The lowest BCUT2D eigenvalue weighted by Crippen LogP contribution is -2.40. The smallest absolute Gasteiger partial charge is 0.274 e. The molecule has 0 aliphatic carbocycles. The van der Waals surface area contributed by atoms with E-state index in [1.54, 1.807) is 4.90 Å². The number of carbonyl (C=O) groups excluding carboxylic acids is 1. The third-order valence-electron chi connectivity index (χ3n) is 4.27. The van der Waals surface area contributed by atoms with Gasteiger partial charge in [-0.1, -0.05) is 30.3 Å². The minimum Gasteiger partial charge on any atom is -0.376 e. The highest BCUT2D eigenvalue weighted by molar-refractivity contribution is 5.92. The van der Waals surface area contributed by atoms with Crippen LogP contribution in [0.25, 0.3) is 0 Å². The molecule has 0 unspecified atom stereocenters. The minimum atomic E-state index is -0.305. The molecule has 0 atom stereocenters. The summed E-state index contributed by atoms with van der Waals surface area (Å²) in [6.07, 6.45) is 1.84. The lowest BCUT2D eigenvalue weighted by Gasteiger charge is -2.31. The standard InChI is InChI=1S/C18H21N3O3/c22-17-7-6-16(19-20-17)18(23)21-10-8-15(9-11-21)13-24-12-14-4-2-1-3-5-14/h1-7,15H,8-13H2,(H,20,22). The van der Waals surface area contributed by atoms with Crippen molar-refractivity contribution in [2.45, 2.75) is 19.4 Å². The molecule has 1 aliphatic rings. The minimum absolute atomic E-state index is 0.130. The summed E-state index contributed by atoms with van der Waals surface area (Å²) in [7, 11) is 0. The molecule has 0 saturated carbocycles. The average molecular weight is 327 g/mol. The lowest BCUT2D eigenvalue weighted by molar-refractivity contribution is 0.0474. The fourth-order valence-electron chi connectivity index (χ4n) is 2.85. The van der Waals surface area contributed by atoms with Crippen molar-refractivity contribution in [1.82, 2.24) is 15.1 Å². The van der Waals surface area contributed by atoms with E-state index in [0.717, 1.165) is 12.8 Å². The SMILES string of the molecule is O=C(c1ccc(=O)[nH]n1)N1CCC(COCc2ccccc2)CC1. The van der Waals surface area contributed by atoms with Gasteiger partial charge in [0, 0.05) is 25.8 Å². The van der Waals surface area contributed by atoms with E-state index in [-0.39, 0.29) is 17.2 Å². The van der Waals surface area contributed by atoms with E-state index in [1.807, 2.05) is 18.2 Å². The van der Waals surface area contributed by atoms with Crippen molar-refractivity contribution in [3.8, 4) is 0 Å². The Morgan fingerprint density at radius 2 is 1.92 bits per heavy atom. The highest BCUT2D eigenvalue weighted by Gasteiger charge is 2.24. The molecule has 0 bridgehead atoms. The molecule has 3 rings (SSSR count). The molecule has 2 aromatic rings. The van der Waals surface area contributed by atoms with E-state index in [9.17, 15) is 9.59 Å². The Hall–Kier alpha value is -2.47.